The highest BCUT2D eigenvalue weighted by atomic mass is 79.9. The van der Waals surface area contributed by atoms with Gasteiger partial charge in [0.15, 0.2) is 0 Å². The summed E-state index contributed by atoms with van der Waals surface area (Å²) < 4.78 is 6.85. The second-order valence-electron chi connectivity index (χ2n) is 4.90. The fourth-order valence-corrected chi connectivity index (χ4v) is 2.67. The standard InChI is InChI=1S/C13H16BrN3O5/c1-7(19)15-9-4-11(22-10(9)6-18)17-5-8(2-3-14)12(20)16-13(17)21/h2-3,5,9-11,18H,4,6H2,1H3,(H,15,19)(H,16,20,21)/b3-2+/t9?,10-,11-/m0/s1. The molecule has 1 fully saturated rings. The van der Waals surface area contributed by atoms with Gasteiger partial charge in [-0.2, -0.15) is 0 Å². The number of nitrogens with zero attached hydrogens (tertiary/aromatic N) is 1. The van der Waals surface area contributed by atoms with Crippen molar-refractivity contribution in [3.8, 4) is 0 Å². The molecule has 1 aromatic rings. The number of aromatic amines is 1. The van der Waals surface area contributed by atoms with Crippen LogP contribution in [-0.2, 0) is 9.53 Å². The zero-order chi connectivity index (χ0) is 16.3. The molecule has 0 aliphatic carbocycles. The zero-order valence-corrected chi connectivity index (χ0v) is 13.4. The Morgan fingerprint density at radius 2 is 2.36 bits per heavy atom. The summed E-state index contributed by atoms with van der Waals surface area (Å²) in [5, 5.41) is 12.0. The molecule has 1 saturated heterocycles. The van der Waals surface area contributed by atoms with Crippen molar-refractivity contribution >= 4 is 27.9 Å². The van der Waals surface area contributed by atoms with E-state index >= 15 is 0 Å². The molecule has 0 aromatic carbocycles. The number of amides is 1. The molecule has 2 rings (SSSR count). The van der Waals surface area contributed by atoms with Gasteiger partial charge in [0.05, 0.1) is 18.2 Å². The third-order valence-electron chi connectivity index (χ3n) is 3.35. The molecule has 1 aliphatic heterocycles. The van der Waals surface area contributed by atoms with E-state index in [0.717, 1.165) is 0 Å². The summed E-state index contributed by atoms with van der Waals surface area (Å²) in [4.78, 5) is 38.5. The number of nitrogens with one attached hydrogen (secondary N) is 2. The minimum atomic E-state index is -0.680. The van der Waals surface area contributed by atoms with E-state index in [9.17, 15) is 19.5 Å². The number of aliphatic hydroxyl groups excluding tert-OH is 1. The summed E-state index contributed by atoms with van der Waals surface area (Å²) >= 11 is 3.07. The Hall–Kier alpha value is -1.71. The van der Waals surface area contributed by atoms with Crippen LogP contribution in [0.4, 0.5) is 0 Å². The second-order valence-corrected chi connectivity index (χ2v) is 5.43. The maximum atomic E-state index is 11.9. The van der Waals surface area contributed by atoms with Crippen LogP contribution >= 0.6 is 15.9 Å². The SMILES string of the molecule is CC(=O)NC1C[C@@H](n2cc(/C=C/Br)c(=O)[nH]c2=O)O[C@H]1CO. The average Bonchev–Trinajstić information content (AvgIpc) is 2.83. The van der Waals surface area contributed by atoms with Gasteiger partial charge in [-0.15, -0.1) is 0 Å². The quantitative estimate of drug-likeness (QED) is 0.669. The van der Waals surface area contributed by atoms with E-state index in [1.807, 2.05) is 0 Å². The van der Waals surface area contributed by atoms with Crippen LogP contribution in [0.3, 0.4) is 0 Å². The van der Waals surface area contributed by atoms with Gasteiger partial charge in [0.25, 0.3) is 5.56 Å². The van der Waals surface area contributed by atoms with Crippen LogP contribution in [0.5, 0.6) is 0 Å². The number of carbonyl (C=O) groups excluding carboxylic acids is 1. The lowest BCUT2D eigenvalue weighted by atomic mass is 10.1. The molecule has 0 radical (unpaired) electrons. The summed E-state index contributed by atoms with van der Waals surface area (Å²) in [5.74, 6) is -0.246. The fraction of sp³-hybridized carbons (Fsp3) is 0.462. The molecule has 8 nitrogen and oxygen atoms in total. The minimum absolute atomic E-state index is 0.246. The molecule has 9 heteroatoms. The van der Waals surface area contributed by atoms with Crippen molar-refractivity contribution in [2.24, 2.45) is 0 Å². The molecule has 0 saturated carbocycles. The highest BCUT2D eigenvalue weighted by Gasteiger charge is 2.36. The smallest absolute Gasteiger partial charge is 0.330 e. The number of aromatic nitrogens is 2. The number of rotatable bonds is 4. The van der Waals surface area contributed by atoms with E-state index in [1.165, 1.54) is 28.7 Å². The Balaban J connectivity index is 2.32. The van der Waals surface area contributed by atoms with Crippen LogP contribution < -0.4 is 16.6 Å². The van der Waals surface area contributed by atoms with E-state index in [1.54, 1.807) is 0 Å². The molecule has 3 atom stereocenters. The molecule has 3 N–H and O–H groups in total. The summed E-state index contributed by atoms with van der Waals surface area (Å²) in [6.45, 7) is 1.08. The largest absolute Gasteiger partial charge is 0.394 e. The first-order chi connectivity index (χ1) is 10.5. The number of hydrogen-bond acceptors (Lipinski definition) is 5. The third kappa shape index (κ3) is 3.54. The molecule has 1 aromatic heterocycles. The molecule has 22 heavy (non-hydrogen) atoms. The predicted octanol–water partition coefficient (Wildman–Crippen LogP) is -0.313. The van der Waals surface area contributed by atoms with Crippen LogP contribution in [0.15, 0.2) is 20.8 Å². The predicted molar refractivity (Wildman–Crippen MR) is 82.5 cm³/mol. The first-order valence-electron chi connectivity index (χ1n) is 6.62. The molecule has 120 valence electrons. The van der Waals surface area contributed by atoms with Crippen molar-refractivity contribution < 1.29 is 14.6 Å². The number of ether oxygens (including phenoxy) is 1. The van der Waals surface area contributed by atoms with Crippen LogP contribution in [-0.4, -0.2) is 39.3 Å². The van der Waals surface area contributed by atoms with E-state index < -0.39 is 29.6 Å². The van der Waals surface area contributed by atoms with Gasteiger partial charge in [-0.05, 0) is 11.1 Å². The number of hydrogen-bond donors (Lipinski definition) is 3. The molecular formula is C13H16BrN3O5. The van der Waals surface area contributed by atoms with Crippen molar-refractivity contribution in [3.63, 3.8) is 0 Å². The van der Waals surface area contributed by atoms with Gasteiger partial charge < -0.3 is 15.2 Å². The average molecular weight is 374 g/mol. The Bertz CT molecular complexity index is 696. The van der Waals surface area contributed by atoms with Gasteiger partial charge in [-0.1, -0.05) is 15.9 Å². The highest BCUT2D eigenvalue weighted by molar-refractivity contribution is 9.11. The van der Waals surface area contributed by atoms with E-state index in [4.69, 9.17) is 4.74 Å². The maximum absolute atomic E-state index is 11.9. The van der Waals surface area contributed by atoms with Crippen LogP contribution in [0.2, 0.25) is 0 Å². The summed E-state index contributed by atoms with van der Waals surface area (Å²) in [6.07, 6.45) is 1.91. The fourth-order valence-electron chi connectivity index (χ4n) is 2.38. The van der Waals surface area contributed by atoms with Crippen molar-refractivity contribution in [3.05, 3.63) is 37.6 Å². The van der Waals surface area contributed by atoms with E-state index in [0.29, 0.717) is 6.42 Å². The maximum Gasteiger partial charge on any atom is 0.330 e. The Kier molecular flexibility index (Phi) is 5.33. The Labute approximate surface area is 133 Å². The Morgan fingerprint density at radius 3 is 2.95 bits per heavy atom. The molecule has 0 spiro atoms. The molecule has 1 aliphatic rings. The van der Waals surface area contributed by atoms with Gasteiger partial charge in [0, 0.05) is 19.5 Å². The van der Waals surface area contributed by atoms with Crippen molar-refractivity contribution in [1.82, 2.24) is 14.9 Å². The molecule has 0 bridgehead atoms. The monoisotopic (exact) mass is 373 g/mol. The summed E-state index contributed by atoms with van der Waals surface area (Å²) in [7, 11) is 0. The van der Waals surface area contributed by atoms with E-state index in [-0.39, 0.29) is 18.1 Å². The summed E-state index contributed by atoms with van der Waals surface area (Å²) in [5.41, 5.74) is -0.836. The minimum Gasteiger partial charge on any atom is -0.394 e. The van der Waals surface area contributed by atoms with Crippen LogP contribution in [0.1, 0.15) is 25.1 Å². The lowest BCUT2D eigenvalue weighted by molar-refractivity contribution is -0.120. The molecule has 1 unspecified atom stereocenters. The lowest BCUT2D eigenvalue weighted by Crippen LogP contribution is -2.40. The third-order valence-corrected chi connectivity index (χ3v) is 3.62. The van der Waals surface area contributed by atoms with Gasteiger partial charge in [-0.3, -0.25) is 19.1 Å². The van der Waals surface area contributed by atoms with Crippen LogP contribution in [0.25, 0.3) is 6.08 Å². The first kappa shape index (κ1) is 16.7. The van der Waals surface area contributed by atoms with Crippen molar-refractivity contribution in [2.75, 3.05) is 6.61 Å². The molecular weight excluding hydrogens is 358 g/mol. The molecule has 1 amide bonds. The number of aliphatic hydroxyl groups is 1. The first-order valence-corrected chi connectivity index (χ1v) is 7.53. The highest BCUT2D eigenvalue weighted by Crippen LogP contribution is 2.27. The summed E-state index contributed by atoms with van der Waals surface area (Å²) in [6, 6.07) is -0.401. The van der Waals surface area contributed by atoms with E-state index in [2.05, 4.69) is 26.2 Å². The number of H-pyrrole nitrogens is 1. The molecule has 2 heterocycles. The second kappa shape index (κ2) is 7.03. The van der Waals surface area contributed by atoms with Crippen LogP contribution in [0, 0.1) is 0 Å². The van der Waals surface area contributed by atoms with Crippen molar-refractivity contribution in [2.45, 2.75) is 31.7 Å². The normalized spacial score (nSPS) is 24.8. The number of carbonyl (C=O) groups is 1. The van der Waals surface area contributed by atoms with Gasteiger partial charge in [0.1, 0.15) is 12.3 Å². The topological polar surface area (TPSA) is 113 Å². The Morgan fingerprint density at radius 1 is 1.64 bits per heavy atom. The van der Waals surface area contributed by atoms with Gasteiger partial charge in [-0.25, -0.2) is 4.79 Å². The zero-order valence-electron chi connectivity index (χ0n) is 11.8. The van der Waals surface area contributed by atoms with Gasteiger partial charge in [0.2, 0.25) is 5.91 Å². The number of halogens is 1. The lowest BCUT2D eigenvalue weighted by Gasteiger charge is -2.16. The van der Waals surface area contributed by atoms with Crippen molar-refractivity contribution in [1.29, 1.82) is 0 Å². The van der Waals surface area contributed by atoms with Gasteiger partial charge >= 0.3 is 5.69 Å².